The average Bonchev–Trinajstić information content (AvgIpc) is 2.89. The van der Waals surface area contributed by atoms with Gasteiger partial charge in [0.05, 0.1) is 12.1 Å². The van der Waals surface area contributed by atoms with Gasteiger partial charge >= 0.3 is 0 Å². The van der Waals surface area contributed by atoms with Crippen LogP contribution in [-0.4, -0.2) is 14.2 Å². The normalized spacial score (nSPS) is 23.2. The maximum atomic E-state index is 6.17. The number of halogens is 1. The zero-order valence-corrected chi connectivity index (χ0v) is 11.6. The number of methoxy groups -OCH3 is 1. The van der Waals surface area contributed by atoms with E-state index in [4.69, 9.17) is 16.3 Å². The molecular weight excluding hydrogens is 234 g/mol. The molecular formula is C14H20ClNO. The predicted octanol–water partition coefficient (Wildman–Crippen LogP) is 3.66. The van der Waals surface area contributed by atoms with Crippen molar-refractivity contribution in [3.8, 4) is 5.75 Å². The minimum atomic E-state index is 0.383. The summed E-state index contributed by atoms with van der Waals surface area (Å²) in [4.78, 5) is 0. The summed E-state index contributed by atoms with van der Waals surface area (Å²) in [5, 5.41) is 4.09. The van der Waals surface area contributed by atoms with Gasteiger partial charge in [-0.15, -0.1) is 0 Å². The van der Waals surface area contributed by atoms with Gasteiger partial charge in [0.1, 0.15) is 5.75 Å². The van der Waals surface area contributed by atoms with Gasteiger partial charge in [0, 0.05) is 6.04 Å². The quantitative estimate of drug-likeness (QED) is 0.884. The molecule has 2 atom stereocenters. The second-order valence-electron chi connectivity index (χ2n) is 5.46. The van der Waals surface area contributed by atoms with Crippen LogP contribution in [0.5, 0.6) is 5.75 Å². The molecule has 1 aromatic rings. The van der Waals surface area contributed by atoms with Crippen LogP contribution >= 0.6 is 11.6 Å². The molecule has 0 aromatic heterocycles. The maximum absolute atomic E-state index is 6.17. The van der Waals surface area contributed by atoms with Crippen molar-refractivity contribution in [2.24, 2.45) is 11.3 Å². The molecule has 0 radical (unpaired) electrons. The summed E-state index contributed by atoms with van der Waals surface area (Å²) in [6, 6.07) is 6.43. The van der Waals surface area contributed by atoms with Crippen molar-refractivity contribution in [2.45, 2.75) is 26.3 Å². The van der Waals surface area contributed by atoms with Crippen LogP contribution in [0.4, 0.5) is 0 Å². The molecule has 0 bridgehead atoms. The molecule has 0 heterocycles. The van der Waals surface area contributed by atoms with Crippen LogP contribution in [0, 0.1) is 11.3 Å². The monoisotopic (exact) mass is 253 g/mol. The third-order valence-corrected chi connectivity index (χ3v) is 4.13. The molecule has 1 saturated carbocycles. The highest BCUT2D eigenvalue weighted by Gasteiger charge is 2.50. The summed E-state index contributed by atoms with van der Waals surface area (Å²) in [7, 11) is 3.65. The maximum Gasteiger partial charge on any atom is 0.137 e. The zero-order valence-electron chi connectivity index (χ0n) is 10.9. The number of nitrogens with one attached hydrogen (secondary N) is 1. The minimum absolute atomic E-state index is 0.383. The van der Waals surface area contributed by atoms with E-state index in [0.29, 0.717) is 22.4 Å². The average molecular weight is 254 g/mol. The summed E-state index contributed by atoms with van der Waals surface area (Å²) in [5.41, 5.74) is 1.69. The molecule has 1 aliphatic rings. The van der Waals surface area contributed by atoms with Gasteiger partial charge in [-0.2, -0.15) is 0 Å². The van der Waals surface area contributed by atoms with Crippen LogP contribution in [0.15, 0.2) is 18.2 Å². The molecule has 0 aliphatic heterocycles. The molecule has 1 fully saturated rings. The molecule has 94 valence electrons. The highest BCUT2D eigenvalue weighted by Crippen LogP contribution is 2.57. The minimum Gasteiger partial charge on any atom is -0.495 e. The number of hydrogen-bond donors (Lipinski definition) is 1. The van der Waals surface area contributed by atoms with E-state index in [1.165, 1.54) is 12.0 Å². The molecule has 1 aromatic carbocycles. The molecule has 0 spiro atoms. The first-order chi connectivity index (χ1) is 7.99. The molecule has 2 rings (SSSR count). The lowest BCUT2D eigenvalue weighted by Crippen LogP contribution is -2.20. The Labute approximate surface area is 108 Å². The van der Waals surface area contributed by atoms with Gasteiger partial charge in [-0.1, -0.05) is 31.5 Å². The molecule has 2 nitrogen and oxygen atoms in total. The van der Waals surface area contributed by atoms with Gasteiger partial charge in [0.25, 0.3) is 0 Å². The first kappa shape index (κ1) is 12.7. The molecule has 0 amide bonds. The highest BCUT2D eigenvalue weighted by molar-refractivity contribution is 6.32. The van der Waals surface area contributed by atoms with Gasteiger partial charge in [-0.05, 0) is 42.5 Å². The summed E-state index contributed by atoms with van der Waals surface area (Å²) in [6.45, 7) is 4.63. The second kappa shape index (κ2) is 4.51. The van der Waals surface area contributed by atoms with Crippen LogP contribution in [0.3, 0.4) is 0 Å². The van der Waals surface area contributed by atoms with E-state index in [2.05, 4.69) is 25.2 Å². The van der Waals surface area contributed by atoms with E-state index in [9.17, 15) is 0 Å². The van der Waals surface area contributed by atoms with Gasteiger partial charge in [-0.3, -0.25) is 0 Å². The number of benzene rings is 1. The third-order valence-electron chi connectivity index (χ3n) is 3.84. The van der Waals surface area contributed by atoms with E-state index in [-0.39, 0.29) is 0 Å². The fourth-order valence-corrected chi connectivity index (χ4v) is 2.82. The Morgan fingerprint density at radius 2 is 2.12 bits per heavy atom. The van der Waals surface area contributed by atoms with Crippen LogP contribution in [0.25, 0.3) is 0 Å². The van der Waals surface area contributed by atoms with Gasteiger partial charge in [-0.25, -0.2) is 0 Å². The fraction of sp³-hybridized carbons (Fsp3) is 0.571. The van der Waals surface area contributed by atoms with Crippen molar-refractivity contribution in [2.75, 3.05) is 14.2 Å². The van der Waals surface area contributed by atoms with Crippen molar-refractivity contribution in [3.63, 3.8) is 0 Å². The van der Waals surface area contributed by atoms with E-state index in [1.54, 1.807) is 7.11 Å². The van der Waals surface area contributed by atoms with Crippen molar-refractivity contribution >= 4 is 11.6 Å². The lowest BCUT2D eigenvalue weighted by Gasteiger charge is -2.19. The van der Waals surface area contributed by atoms with Crippen molar-refractivity contribution in [1.82, 2.24) is 5.32 Å². The third kappa shape index (κ3) is 2.43. The Bertz CT molecular complexity index is 417. The van der Waals surface area contributed by atoms with Gasteiger partial charge in [0.2, 0.25) is 0 Å². The second-order valence-corrected chi connectivity index (χ2v) is 5.87. The molecule has 1 N–H and O–H groups in total. The number of ether oxygens (including phenoxy) is 1. The van der Waals surface area contributed by atoms with Crippen molar-refractivity contribution in [3.05, 3.63) is 28.8 Å². The fourth-order valence-electron chi connectivity index (χ4n) is 2.55. The van der Waals surface area contributed by atoms with Crippen LogP contribution < -0.4 is 10.1 Å². The summed E-state index contributed by atoms with van der Waals surface area (Å²) in [6.07, 6.45) is 1.27. The Hall–Kier alpha value is -0.730. The standard InChI is InChI=1S/C14H20ClNO/c1-14(2)8-10(14)13(16-3)9-5-6-12(17-4)11(15)7-9/h5-7,10,13,16H,8H2,1-4H3. The van der Waals surface area contributed by atoms with Crippen molar-refractivity contribution < 1.29 is 4.74 Å². The lowest BCUT2D eigenvalue weighted by molar-refractivity contribution is 0.413. The van der Waals surface area contributed by atoms with Gasteiger partial charge < -0.3 is 10.1 Å². The Balaban J connectivity index is 2.23. The molecule has 17 heavy (non-hydrogen) atoms. The summed E-state index contributed by atoms with van der Waals surface area (Å²) >= 11 is 6.17. The predicted molar refractivity (Wildman–Crippen MR) is 71.7 cm³/mol. The van der Waals surface area contributed by atoms with Gasteiger partial charge in [0.15, 0.2) is 0 Å². The summed E-state index contributed by atoms with van der Waals surface area (Å²) in [5.74, 6) is 1.43. The Morgan fingerprint density at radius 3 is 2.53 bits per heavy atom. The first-order valence-electron chi connectivity index (χ1n) is 6.00. The van der Waals surface area contributed by atoms with Crippen LogP contribution in [0.1, 0.15) is 31.9 Å². The first-order valence-corrected chi connectivity index (χ1v) is 6.38. The van der Waals surface area contributed by atoms with E-state index >= 15 is 0 Å². The Morgan fingerprint density at radius 1 is 1.47 bits per heavy atom. The lowest BCUT2D eigenvalue weighted by atomic mass is 9.97. The molecule has 1 aliphatic carbocycles. The van der Waals surface area contributed by atoms with E-state index in [1.807, 2.05) is 19.2 Å². The smallest absolute Gasteiger partial charge is 0.137 e. The number of hydrogen-bond acceptors (Lipinski definition) is 2. The zero-order chi connectivity index (χ0) is 12.6. The van der Waals surface area contributed by atoms with Crippen molar-refractivity contribution in [1.29, 1.82) is 0 Å². The largest absolute Gasteiger partial charge is 0.495 e. The van der Waals surface area contributed by atoms with E-state index < -0.39 is 0 Å². The van der Waals surface area contributed by atoms with E-state index in [0.717, 1.165) is 5.75 Å². The topological polar surface area (TPSA) is 21.3 Å². The molecule has 0 saturated heterocycles. The highest BCUT2D eigenvalue weighted by atomic mass is 35.5. The Kier molecular flexibility index (Phi) is 3.37. The van der Waals surface area contributed by atoms with Crippen LogP contribution in [0.2, 0.25) is 5.02 Å². The van der Waals surface area contributed by atoms with Crippen LogP contribution in [-0.2, 0) is 0 Å². The molecule has 2 unspecified atom stereocenters. The molecule has 3 heteroatoms. The SMILES string of the molecule is CNC(c1ccc(OC)c(Cl)c1)C1CC1(C)C. The summed E-state index contributed by atoms with van der Waals surface area (Å²) < 4.78 is 5.18. The number of rotatable bonds is 4.